The van der Waals surface area contributed by atoms with Gasteiger partial charge in [0.2, 0.25) is 0 Å². The fraction of sp³-hybridized carbons (Fsp3) is 0.762. The number of carbonyl (C=O) groups is 2. The number of phosphoric ester groups is 1. The maximum absolute atomic E-state index is 12.6. The van der Waals surface area contributed by atoms with E-state index in [1.807, 2.05) is 0 Å². The minimum Gasteiger partial charge on any atom is -0.462 e. The summed E-state index contributed by atoms with van der Waals surface area (Å²) >= 11 is 0. The number of hydrogen-bond acceptors (Lipinski definition) is 9. The van der Waals surface area contributed by atoms with E-state index < -0.39 is 51.8 Å². The highest BCUT2D eigenvalue weighted by Crippen LogP contribution is 2.43. The van der Waals surface area contributed by atoms with E-state index in [2.05, 4.69) is 67.0 Å². The van der Waals surface area contributed by atoms with Crippen molar-refractivity contribution in [3.8, 4) is 0 Å². The molecular formula is C42H75O10P. The minimum atomic E-state index is -4.62. The summed E-state index contributed by atoms with van der Waals surface area (Å²) in [6, 6.07) is 0. The summed E-state index contributed by atoms with van der Waals surface area (Å²) in [5.41, 5.74) is 0. The van der Waals surface area contributed by atoms with Crippen molar-refractivity contribution in [3.05, 3.63) is 48.6 Å². The van der Waals surface area contributed by atoms with Crippen molar-refractivity contribution in [1.82, 2.24) is 0 Å². The fourth-order valence-electron chi connectivity index (χ4n) is 5.21. The van der Waals surface area contributed by atoms with Crippen molar-refractivity contribution in [3.63, 3.8) is 0 Å². The number of hydrogen-bond donors (Lipinski definition) is 3. The van der Waals surface area contributed by atoms with E-state index in [-0.39, 0.29) is 19.4 Å². The predicted molar refractivity (Wildman–Crippen MR) is 214 cm³/mol. The van der Waals surface area contributed by atoms with E-state index in [1.165, 1.54) is 38.5 Å². The topological polar surface area (TPSA) is 149 Å². The normalized spacial score (nSPS) is 14.4. The van der Waals surface area contributed by atoms with Crippen LogP contribution in [0.5, 0.6) is 0 Å². The van der Waals surface area contributed by atoms with E-state index >= 15 is 0 Å². The highest BCUT2D eigenvalue weighted by atomic mass is 31.2. The Morgan fingerprint density at radius 1 is 0.566 bits per heavy atom. The maximum Gasteiger partial charge on any atom is 0.472 e. The van der Waals surface area contributed by atoms with Crippen molar-refractivity contribution in [1.29, 1.82) is 0 Å². The second kappa shape index (κ2) is 38.2. The average molecular weight is 771 g/mol. The van der Waals surface area contributed by atoms with Gasteiger partial charge in [-0.1, -0.05) is 133 Å². The Kier molecular flexibility index (Phi) is 36.7. The van der Waals surface area contributed by atoms with Gasteiger partial charge in [0.1, 0.15) is 12.7 Å². The molecule has 308 valence electrons. The molecule has 0 saturated heterocycles. The van der Waals surface area contributed by atoms with Crippen LogP contribution in [0.1, 0.15) is 168 Å². The van der Waals surface area contributed by atoms with Crippen LogP contribution >= 0.6 is 7.82 Å². The van der Waals surface area contributed by atoms with Crippen LogP contribution < -0.4 is 0 Å². The van der Waals surface area contributed by atoms with Gasteiger partial charge < -0.3 is 24.6 Å². The first kappa shape index (κ1) is 50.9. The van der Waals surface area contributed by atoms with E-state index in [9.17, 15) is 24.2 Å². The summed E-state index contributed by atoms with van der Waals surface area (Å²) < 4.78 is 32.6. The Morgan fingerprint density at radius 3 is 1.51 bits per heavy atom. The molecule has 0 amide bonds. The first-order chi connectivity index (χ1) is 25.7. The van der Waals surface area contributed by atoms with Crippen LogP contribution in [0.15, 0.2) is 48.6 Å². The largest absolute Gasteiger partial charge is 0.472 e. The number of carbonyl (C=O) groups excluding carboxylic acids is 2. The van der Waals surface area contributed by atoms with Gasteiger partial charge in [0.15, 0.2) is 6.10 Å². The molecule has 0 saturated carbocycles. The monoisotopic (exact) mass is 771 g/mol. The number of phosphoric acid groups is 1. The lowest BCUT2D eigenvalue weighted by Crippen LogP contribution is -2.29. The third-order valence-corrected chi connectivity index (χ3v) is 9.41. The highest BCUT2D eigenvalue weighted by molar-refractivity contribution is 7.47. The SMILES string of the molecule is CCCC/C=C\C/C=C\CCCCCCCC(=O)OCC(COP(=O)(O)OCC(O)CO)OC(=O)CCCCCCC/C=C\C/C=C\CCCCCC. The second-order valence-electron chi connectivity index (χ2n) is 13.7. The lowest BCUT2D eigenvalue weighted by atomic mass is 10.1. The molecule has 0 bridgehead atoms. The van der Waals surface area contributed by atoms with E-state index in [0.29, 0.717) is 12.8 Å². The summed E-state index contributed by atoms with van der Waals surface area (Å²) in [6.45, 7) is 2.28. The Bertz CT molecular complexity index is 1030. The van der Waals surface area contributed by atoms with Crippen LogP contribution in [-0.4, -0.2) is 65.7 Å². The van der Waals surface area contributed by atoms with Crippen LogP contribution in [0.4, 0.5) is 0 Å². The van der Waals surface area contributed by atoms with Crippen LogP contribution in [0, 0.1) is 0 Å². The summed E-state index contributed by atoms with van der Waals surface area (Å²) in [4.78, 5) is 34.9. The number of aliphatic hydroxyl groups is 2. The van der Waals surface area contributed by atoms with Gasteiger partial charge in [-0.2, -0.15) is 0 Å². The molecule has 0 aromatic heterocycles. The zero-order valence-electron chi connectivity index (χ0n) is 33.2. The van der Waals surface area contributed by atoms with Crippen molar-refractivity contribution >= 4 is 19.8 Å². The second-order valence-corrected chi connectivity index (χ2v) is 15.1. The average Bonchev–Trinajstić information content (AvgIpc) is 3.14. The summed E-state index contributed by atoms with van der Waals surface area (Å²) in [5.74, 6) is -0.960. The minimum absolute atomic E-state index is 0.164. The molecule has 0 heterocycles. The van der Waals surface area contributed by atoms with Crippen LogP contribution in [0.2, 0.25) is 0 Å². The number of rotatable bonds is 38. The highest BCUT2D eigenvalue weighted by Gasteiger charge is 2.27. The fourth-order valence-corrected chi connectivity index (χ4v) is 6.00. The maximum atomic E-state index is 12.6. The molecule has 0 spiro atoms. The Morgan fingerprint density at radius 2 is 1.00 bits per heavy atom. The van der Waals surface area contributed by atoms with Gasteiger partial charge in [-0.3, -0.25) is 18.6 Å². The molecule has 0 aliphatic carbocycles. The molecule has 0 aliphatic heterocycles. The zero-order valence-corrected chi connectivity index (χ0v) is 34.1. The third-order valence-electron chi connectivity index (χ3n) is 8.46. The van der Waals surface area contributed by atoms with E-state index in [0.717, 1.165) is 89.9 Å². The van der Waals surface area contributed by atoms with Gasteiger partial charge in [0.05, 0.1) is 19.8 Å². The molecular weight excluding hydrogens is 695 g/mol. The molecule has 3 unspecified atom stereocenters. The Labute approximate surface area is 322 Å². The Balaban J connectivity index is 4.38. The van der Waals surface area contributed by atoms with Gasteiger partial charge in [0.25, 0.3) is 0 Å². The van der Waals surface area contributed by atoms with Gasteiger partial charge in [-0.05, 0) is 70.6 Å². The first-order valence-corrected chi connectivity index (χ1v) is 22.1. The molecule has 3 atom stereocenters. The molecule has 53 heavy (non-hydrogen) atoms. The van der Waals surface area contributed by atoms with E-state index in [4.69, 9.17) is 19.1 Å². The standard InChI is InChI=1S/C42H75O10P/c1-3-5-7-9-11-13-15-17-19-20-22-24-26-28-30-32-34-42(46)52-40(38-51-53(47,48)50-36-39(44)35-43)37-49-41(45)33-31-29-27-25-23-21-18-16-14-12-10-8-6-4-2/h10,12-13,15-16,18-20,39-40,43-44H,3-9,11,14,17,21-38H2,1-2H3,(H,47,48)/b12-10-,15-13-,18-16-,20-19-. The first-order valence-electron chi connectivity index (χ1n) is 20.6. The number of ether oxygens (including phenoxy) is 2. The summed E-state index contributed by atoms with van der Waals surface area (Å²) in [6.07, 6.45) is 39.3. The number of unbranched alkanes of at least 4 members (excludes halogenated alkanes) is 16. The third kappa shape index (κ3) is 38.0. The molecule has 0 aliphatic rings. The lowest BCUT2D eigenvalue weighted by Gasteiger charge is -2.20. The quantitative estimate of drug-likeness (QED) is 0.0240. The van der Waals surface area contributed by atoms with Crippen molar-refractivity contribution in [2.45, 2.75) is 180 Å². The van der Waals surface area contributed by atoms with Gasteiger partial charge in [-0.25, -0.2) is 4.57 Å². The molecule has 10 nitrogen and oxygen atoms in total. The molecule has 11 heteroatoms. The molecule has 3 N–H and O–H groups in total. The molecule has 0 aromatic rings. The summed E-state index contributed by atoms with van der Waals surface area (Å²) in [7, 11) is -4.62. The van der Waals surface area contributed by atoms with Crippen LogP contribution in [0.3, 0.4) is 0 Å². The molecule has 0 radical (unpaired) electrons. The van der Waals surface area contributed by atoms with Gasteiger partial charge >= 0.3 is 19.8 Å². The van der Waals surface area contributed by atoms with Crippen molar-refractivity contribution < 1.29 is 47.8 Å². The van der Waals surface area contributed by atoms with Crippen LogP contribution in [0.25, 0.3) is 0 Å². The number of allylic oxidation sites excluding steroid dienone is 8. The Hall–Kier alpha value is -2.07. The number of aliphatic hydroxyl groups excluding tert-OH is 2. The summed E-state index contributed by atoms with van der Waals surface area (Å²) in [5, 5.41) is 18.3. The lowest BCUT2D eigenvalue weighted by molar-refractivity contribution is -0.161. The predicted octanol–water partition coefficient (Wildman–Crippen LogP) is 10.6. The number of esters is 2. The van der Waals surface area contributed by atoms with Crippen molar-refractivity contribution in [2.75, 3.05) is 26.4 Å². The van der Waals surface area contributed by atoms with Gasteiger partial charge in [0, 0.05) is 12.8 Å². The molecule has 0 fully saturated rings. The van der Waals surface area contributed by atoms with E-state index in [1.54, 1.807) is 0 Å². The molecule has 0 aromatic carbocycles. The smallest absolute Gasteiger partial charge is 0.462 e. The molecule has 0 rings (SSSR count). The van der Waals surface area contributed by atoms with Crippen molar-refractivity contribution in [2.24, 2.45) is 0 Å². The zero-order chi connectivity index (χ0) is 39.1. The van der Waals surface area contributed by atoms with Crippen LogP contribution in [-0.2, 0) is 32.7 Å². The van der Waals surface area contributed by atoms with Gasteiger partial charge in [-0.15, -0.1) is 0 Å².